The first-order valence-electron chi connectivity index (χ1n) is 14.3. The number of para-hydroxylation sites is 1. The summed E-state index contributed by atoms with van der Waals surface area (Å²) in [5.41, 5.74) is 3.68. The van der Waals surface area contributed by atoms with E-state index in [1.165, 1.54) is 10.4 Å². The fourth-order valence-electron chi connectivity index (χ4n) is 6.06. The molecule has 2 unspecified atom stereocenters. The van der Waals surface area contributed by atoms with E-state index in [9.17, 15) is 13.2 Å². The first-order valence-corrected chi connectivity index (χ1v) is 17.3. The number of amides is 1. The van der Waals surface area contributed by atoms with Gasteiger partial charge in [0, 0.05) is 48.2 Å². The molecule has 6 rings (SSSR count). The molecule has 7 nitrogen and oxygen atoms in total. The van der Waals surface area contributed by atoms with Crippen molar-refractivity contribution >= 4 is 53.8 Å². The van der Waals surface area contributed by atoms with Crippen LogP contribution in [0.3, 0.4) is 0 Å². The highest BCUT2D eigenvalue weighted by molar-refractivity contribution is 7.89. The van der Waals surface area contributed by atoms with Crippen molar-refractivity contribution < 1.29 is 13.2 Å². The molecule has 0 radical (unpaired) electrons. The number of anilines is 1. The van der Waals surface area contributed by atoms with E-state index in [0.717, 1.165) is 51.7 Å². The van der Waals surface area contributed by atoms with Crippen LogP contribution >= 0.6 is 22.7 Å². The van der Waals surface area contributed by atoms with E-state index in [4.69, 9.17) is 4.98 Å². The van der Waals surface area contributed by atoms with E-state index in [2.05, 4.69) is 44.0 Å². The van der Waals surface area contributed by atoms with Crippen molar-refractivity contribution in [1.29, 1.82) is 0 Å². The van der Waals surface area contributed by atoms with Gasteiger partial charge in [-0.2, -0.15) is 4.31 Å². The van der Waals surface area contributed by atoms with Crippen molar-refractivity contribution in [2.45, 2.75) is 58.0 Å². The number of thiazole rings is 1. The zero-order valence-electron chi connectivity index (χ0n) is 23.9. The number of fused-ring (bicyclic) bond motifs is 2. The Kier molecular flexibility index (Phi) is 7.80. The van der Waals surface area contributed by atoms with Gasteiger partial charge in [-0.3, -0.25) is 9.69 Å². The first kappa shape index (κ1) is 28.5. The third-order valence-electron chi connectivity index (χ3n) is 8.14. The minimum absolute atomic E-state index is 0.228. The number of piperidine rings is 1. The van der Waals surface area contributed by atoms with Gasteiger partial charge in [0.2, 0.25) is 10.0 Å². The number of hydrogen-bond acceptors (Lipinski definition) is 7. The number of aromatic nitrogens is 1. The third-order valence-corrected chi connectivity index (χ3v) is 12.2. The second kappa shape index (κ2) is 11.2. The molecule has 1 fully saturated rings. The van der Waals surface area contributed by atoms with E-state index in [-0.39, 0.29) is 10.8 Å². The van der Waals surface area contributed by atoms with Crippen molar-refractivity contribution in [2.75, 3.05) is 25.0 Å². The number of carbonyl (C=O) groups excluding carboxylic acids is 1. The summed E-state index contributed by atoms with van der Waals surface area (Å²) in [4.78, 5) is 22.4. The van der Waals surface area contributed by atoms with Crippen LogP contribution in [0.4, 0.5) is 5.00 Å². The molecule has 41 heavy (non-hydrogen) atoms. The maximum atomic E-state index is 13.5. The van der Waals surface area contributed by atoms with Crippen LogP contribution in [0.15, 0.2) is 53.4 Å². The molecule has 2 aliphatic rings. The molecule has 0 spiro atoms. The maximum Gasteiger partial charge on any atom is 0.256 e. The second-order valence-corrected chi connectivity index (χ2v) is 15.8. The maximum absolute atomic E-state index is 13.5. The smallest absolute Gasteiger partial charge is 0.256 e. The van der Waals surface area contributed by atoms with E-state index in [1.54, 1.807) is 51.2 Å². The minimum Gasteiger partial charge on any atom is -0.313 e. The lowest BCUT2D eigenvalue weighted by Gasteiger charge is -2.34. The highest BCUT2D eigenvalue weighted by Gasteiger charge is 2.32. The molecule has 4 aromatic rings. The third kappa shape index (κ3) is 5.60. The zero-order chi connectivity index (χ0) is 28.9. The minimum atomic E-state index is -3.61. The number of hydrogen-bond donors (Lipinski definition) is 1. The molecule has 2 aromatic carbocycles. The summed E-state index contributed by atoms with van der Waals surface area (Å²) in [6.45, 7) is 11.5. The van der Waals surface area contributed by atoms with Gasteiger partial charge in [0.05, 0.1) is 15.1 Å². The number of nitrogens with zero attached hydrogens (tertiary/aromatic N) is 3. The molecule has 1 saturated heterocycles. The summed E-state index contributed by atoms with van der Waals surface area (Å²) in [6, 6.07) is 14.9. The molecule has 1 amide bonds. The Morgan fingerprint density at radius 2 is 1.73 bits per heavy atom. The monoisotopic (exact) mass is 608 g/mol. The number of nitrogens with one attached hydrogen (secondary N) is 1. The SMILES string of the molecule is CC1CC(C)CN(S(=O)(=O)c2ccc(C(=O)Nc3sc4c(c3-c3nc5ccccc5s3)CCN(C(C)C)C4)cc2)C1. The summed E-state index contributed by atoms with van der Waals surface area (Å²) in [5, 5.41) is 4.90. The normalized spacial score (nSPS) is 20.4. The molecule has 216 valence electrons. The van der Waals surface area contributed by atoms with Crippen LogP contribution in [0.25, 0.3) is 20.8 Å². The van der Waals surface area contributed by atoms with Gasteiger partial charge in [-0.15, -0.1) is 22.7 Å². The Bertz CT molecular complexity index is 1650. The Labute approximate surface area is 250 Å². The number of benzene rings is 2. The van der Waals surface area contributed by atoms with Crippen molar-refractivity contribution in [3.8, 4) is 10.6 Å². The topological polar surface area (TPSA) is 82.6 Å². The van der Waals surface area contributed by atoms with E-state index < -0.39 is 10.0 Å². The predicted octanol–water partition coefficient (Wildman–Crippen LogP) is 6.71. The van der Waals surface area contributed by atoms with Gasteiger partial charge in [-0.05, 0) is 80.5 Å². The molecule has 2 aliphatic heterocycles. The number of thiophene rings is 1. The first-order chi connectivity index (χ1) is 19.6. The van der Waals surface area contributed by atoms with Crippen LogP contribution in [0.5, 0.6) is 0 Å². The van der Waals surface area contributed by atoms with Gasteiger partial charge in [0.25, 0.3) is 5.91 Å². The Morgan fingerprint density at radius 3 is 2.41 bits per heavy atom. The fraction of sp³-hybridized carbons (Fsp3) is 0.419. The highest BCUT2D eigenvalue weighted by Crippen LogP contribution is 2.46. The van der Waals surface area contributed by atoms with Crippen LogP contribution in [-0.2, 0) is 23.0 Å². The quantitative estimate of drug-likeness (QED) is 0.263. The molecular formula is C31H36N4O3S3. The lowest BCUT2D eigenvalue weighted by Crippen LogP contribution is -2.42. The van der Waals surface area contributed by atoms with Crippen LogP contribution in [0.2, 0.25) is 0 Å². The Morgan fingerprint density at radius 1 is 1.02 bits per heavy atom. The summed E-state index contributed by atoms with van der Waals surface area (Å²) in [6.07, 6.45) is 1.94. The van der Waals surface area contributed by atoms with Crippen LogP contribution in [0.1, 0.15) is 54.9 Å². The molecule has 4 heterocycles. The van der Waals surface area contributed by atoms with Crippen molar-refractivity contribution in [1.82, 2.24) is 14.2 Å². The molecule has 1 N–H and O–H groups in total. The van der Waals surface area contributed by atoms with Gasteiger partial charge >= 0.3 is 0 Å². The van der Waals surface area contributed by atoms with Crippen LogP contribution < -0.4 is 5.32 Å². The van der Waals surface area contributed by atoms with Gasteiger partial charge in [-0.1, -0.05) is 26.0 Å². The van der Waals surface area contributed by atoms with Gasteiger partial charge in [0.15, 0.2) is 0 Å². The predicted molar refractivity (Wildman–Crippen MR) is 168 cm³/mol. The largest absolute Gasteiger partial charge is 0.313 e. The molecule has 0 bridgehead atoms. The summed E-state index contributed by atoms with van der Waals surface area (Å²) in [7, 11) is -3.61. The Hall–Kier alpha value is -2.63. The van der Waals surface area contributed by atoms with Crippen molar-refractivity contribution in [3.63, 3.8) is 0 Å². The van der Waals surface area contributed by atoms with E-state index in [1.807, 2.05) is 18.2 Å². The zero-order valence-corrected chi connectivity index (χ0v) is 26.3. The van der Waals surface area contributed by atoms with Gasteiger partial charge in [0.1, 0.15) is 10.0 Å². The average Bonchev–Trinajstić information content (AvgIpc) is 3.52. The lowest BCUT2D eigenvalue weighted by molar-refractivity contribution is 0.102. The molecule has 2 aromatic heterocycles. The van der Waals surface area contributed by atoms with Crippen LogP contribution in [-0.4, -0.2) is 54.2 Å². The molecule has 0 aliphatic carbocycles. The number of rotatable bonds is 6. The molecule has 10 heteroatoms. The summed E-state index contributed by atoms with van der Waals surface area (Å²) in [5.74, 6) is 0.399. The lowest BCUT2D eigenvalue weighted by atomic mass is 9.94. The number of carbonyl (C=O) groups is 1. The summed E-state index contributed by atoms with van der Waals surface area (Å²) < 4.78 is 29.4. The van der Waals surface area contributed by atoms with E-state index >= 15 is 0 Å². The summed E-state index contributed by atoms with van der Waals surface area (Å²) >= 11 is 3.28. The van der Waals surface area contributed by atoms with E-state index in [0.29, 0.717) is 36.5 Å². The van der Waals surface area contributed by atoms with Crippen molar-refractivity contribution in [2.24, 2.45) is 11.8 Å². The van der Waals surface area contributed by atoms with Crippen LogP contribution in [0, 0.1) is 11.8 Å². The molecule has 0 saturated carbocycles. The number of sulfonamides is 1. The van der Waals surface area contributed by atoms with Crippen molar-refractivity contribution in [3.05, 3.63) is 64.5 Å². The fourth-order valence-corrected chi connectivity index (χ4v) is 10.1. The van der Waals surface area contributed by atoms with Gasteiger partial charge in [-0.25, -0.2) is 13.4 Å². The molecular weight excluding hydrogens is 573 g/mol. The highest BCUT2D eigenvalue weighted by atomic mass is 32.2. The average molecular weight is 609 g/mol. The standard InChI is InChI=1S/C31H36N4O3S3/c1-19(2)34-14-13-24-27(18-34)40-31(28(24)30-32-25-7-5-6-8-26(25)39-30)33-29(36)22-9-11-23(12-10-22)41(37,38)35-16-20(3)15-21(4)17-35/h5-12,19-21H,13-18H2,1-4H3,(H,33,36). The second-order valence-electron chi connectivity index (χ2n) is 11.8. The Balaban J connectivity index is 1.29. The van der Waals surface area contributed by atoms with Gasteiger partial charge < -0.3 is 5.32 Å². The molecule has 2 atom stereocenters.